The van der Waals surface area contributed by atoms with E-state index < -0.39 is 0 Å². The normalized spacial score (nSPS) is 10.7. The van der Waals surface area contributed by atoms with Crippen LogP contribution in [0.2, 0.25) is 0 Å². The summed E-state index contributed by atoms with van der Waals surface area (Å²) in [5.41, 5.74) is 6.39. The van der Waals surface area contributed by atoms with Gasteiger partial charge in [-0.2, -0.15) is 0 Å². The summed E-state index contributed by atoms with van der Waals surface area (Å²) in [5.74, 6) is 0.526. The molecule has 0 amide bonds. The average molecular weight is 367 g/mol. The molecule has 0 aromatic heterocycles. The molecule has 0 unspecified atom stereocenters. The second-order valence-corrected chi connectivity index (χ2v) is 6.00. The molecule has 0 saturated heterocycles. The van der Waals surface area contributed by atoms with Gasteiger partial charge >= 0.3 is 5.97 Å². The first-order valence-corrected chi connectivity index (χ1v) is 9.52. The maximum Gasteiger partial charge on any atom is 0.305 e. The number of nitrogens with two attached hydrogens (primary N) is 1. The molecule has 1 aromatic rings. The van der Waals surface area contributed by atoms with Gasteiger partial charge in [0.25, 0.3) is 0 Å². The molecule has 0 spiro atoms. The third-order valence-electron chi connectivity index (χ3n) is 3.75. The van der Waals surface area contributed by atoms with E-state index in [2.05, 4.69) is 6.92 Å². The van der Waals surface area contributed by atoms with Crippen molar-refractivity contribution in [3.05, 3.63) is 24.3 Å². The Morgan fingerprint density at radius 1 is 0.885 bits per heavy atom. The fourth-order valence-electron chi connectivity index (χ4n) is 2.30. The summed E-state index contributed by atoms with van der Waals surface area (Å²) in [6.45, 7) is 4.69. The van der Waals surface area contributed by atoms with Crippen molar-refractivity contribution in [1.29, 1.82) is 0 Å². The Hall–Kier alpha value is -1.79. The Morgan fingerprint density at radius 3 is 2.27 bits per heavy atom. The van der Waals surface area contributed by atoms with Crippen molar-refractivity contribution in [3.63, 3.8) is 0 Å². The fraction of sp³-hybridized carbons (Fsp3) is 0.650. The van der Waals surface area contributed by atoms with Gasteiger partial charge in [0.1, 0.15) is 19.0 Å². The van der Waals surface area contributed by atoms with Crippen molar-refractivity contribution >= 4 is 11.7 Å². The van der Waals surface area contributed by atoms with Crippen molar-refractivity contribution in [2.75, 3.05) is 45.4 Å². The van der Waals surface area contributed by atoms with Crippen molar-refractivity contribution in [2.45, 2.75) is 45.4 Å². The third kappa shape index (κ3) is 11.7. The van der Waals surface area contributed by atoms with E-state index in [1.807, 2.05) is 18.2 Å². The number of carbonyl (C=O) groups is 1. The molecular weight excluding hydrogens is 334 g/mol. The molecule has 0 saturated carbocycles. The molecule has 0 atom stereocenters. The summed E-state index contributed by atoms with van der Waals surface area (Å²) < 4.78 is 21.4. The smallest absolute Gasteiger partial charge is 0.305 e. The maximum atomic E-state index is 11.5. The van der Waals surface area contributed by atoms with Crippen LogP contribution in [0.1, 0.15) is 45.4 Å². The van der Waals surface area contributed by atoms with Crippen LogP contribution in [-0.2, 0) is 19.0 Å². The van der Waals surface area contributed by atoms with Crippen LogP contribution in [0.4, 0.5) is 5.69 Å². The van der Waals surface area contributed by atoms with Gasteiger partial charge in [0.15, 0.2) is 0 Å². The summed E-state index contributed by atoms with van der Waals surface area (Å²) in [7, 11) is 0. The van der Waals surface area contributed by atoms with Gasteiger partial charge in [-0.3, -0.25) is 4.79 Å². The Kier molecular flexibility index (Phi) is 13.2. The molecule has 148 valence electrons. The Balaban J connectivity index is 1.83. The van der Waals surface area contributed by atoms with Crippen LogP contribution in [0.5, 0.6) is 5.75 Å². The lowest BCUT2D eigenvalue weighted by Crippen LogP contribution is -2.14. The predicted molar refractivity (Wildman–Crippen MR) is 102 cm³/mol. The molecule has 2 N–H and O–H groups in total. The van der Waals surface area contributed by atoms with Gasteiger partial charge in [0.2, 0.25) is 0 Å². The van der Waals surface area contributed by atoms with Crippen LogP contribution in [0.25, 0.3) is 0 Å². The van der Waals surface area contributed by atoms with Gasteiger partial charge in [0, 0.05) is 6.42 Å². The molecular formula is C20H33NO5. The van der Waals surface area contributed by atoms with Crippen molar-refractivity contribution in [1.82, 2.24) is 0 Å². The lowest BCUT2D eigenvalue weighted by Gasteiger charge is -2.09. The predicted octanol–water partition coefficient (Wildman–Crippen LogP) is 3.58. The van der Waals surface area contributed by atoms with Crippen LogP contribution in [0.3, 0.4) is 0 Å². The number of carbonyl (C=O) groups excluding carboxylic acids is 1. The van der Waals surface area contributed by atoms with Gasteiger partial charge in [-0.15, -0.1) is 0 Å². The Morgan fingerprint density at radius 2 is 1.54 bits per heavy atom. The topological polar surface area (TPSA) is 80.0 Å². The van der Waals surface area contributed by atoms with E-state index in [4.69, 9.17) is 24.7 Å². The van der Waals surface area contributed by atoms with E-state index >= 15 is 0 Å². The Labute approximate surface area is 156 Å². The minimum atomic E-state index is -0.140. The minimum absolute atomic E-state index is 0.140. The number of anilines is 1. The summed E-state index contributed by atoms with van der Waals surface area (Å²) in [6.07, 6.45) is 6.13. The largest absolute Gasteiger partial charge is 0.489 e. The minimum Gasteiger partial charge on any atom is -0.489 e. The number of para-hydroxylation sites is 2. The molecule has 1 rings (SSSR count). The van der Waals surface area contributed by atoms with Crippen molar-refractivity contribution in [2.24, 2.45) is 0 Å². The van der Waals surface area contributed by atoms with E-state index in [1.165, 1.54) is 19.3 Å². The van der Waals surface area contributed by atoms with Crippen LogP contribution < -0.4 is 10.5 Å². The highest BCUT2D eigenvalue weighted by atomic mass is 16.6. The molecule has 0 radical (unpaired) electrons. The van der Waals surface area contributed by atoms with Gasteiger partial charge in [-0.25, -0.2) is 0 Å². The van der Waals surface area contributed by atoms with E-state index in [-0.39, 0.29) is 5.97 Å². The number of hydrogen-bond acceptors (Lipinski definition) is 6. The molecule has 0 fully saturated rings. The zero-order valence-electron chi connectivity index (χ0n) is 15.9. The lowest BCUT2D eigenvalue weighted by molar-refractivity contribution is -0.145. The fourth-order valence-corrected chi connectivity index (χ4v) is 2.30. The molecule has 0 aliphatic heterocycles. The monoisotopic (exact) mass is 367 g/mol. The second kappa shape index (κ2) is 15.5. The van der Waals surface area contributed by atoms with Crippen LogP contribution in [0, 0.1) is 0 Å². The zero-order valence-corrected chi connectivity index (χ0v) is 15.9. The SMILES string of the molecule is CCCCCCCC(=O)OCCOCCOCCOc1ccccc1N. The molecule has 0 bridgehead atoms. The number of unbranched alkanes of at least 4 members (excludes halogenated alkanes) is 4. The number of benzene rings is 1. The number of esters is 1. The molecule has 6 nitrogen and oxygen atoms in total. The van der Waals surface area contributed by atoms with Gasteiger partial charge in [-0.1, -0.05) is 44.7 Å². The second-order valence-electron chi connectivity index (χ2n) is 6.00. The number of ether oxygens (including phenoxy) is 4. The van der Waals surface area contributed by atoms with E-state index in [0.717, 1.165) is 12.8 Å². The lowest BCUT2D eigenvalue weighted by atomic mass is 10.1. The number of hydrogen-bond donors (Lipinski definition) is 1. The molecule has 0 heterocycles. The average Bonchev–Trinajstić information content (AvgIpc) is 2.64. The third-order valence-corrected chi connectivity index (χ3v) is 3.75. The van der Waals surface area contributed by atoms with Gasteiger partial charge in [-0.05, 0) is 18.6 Å². The summed E-state index contributed by atoms with van der Waals surface area (Å²) in [5, 5.41) is 0. The maximum absolute atomic E-state index is 11.5. The summed E-state index contributed by atoms with van der Waals surface area (Å²) in [6, 6.07) is 7.36. The van der Waals surface area contributed by atoms with Crippen molar-refractivity contribution in [3.8, 4) is 5.75 Å². The number of rotatable bonds is 16. The molecule has 1 aromatic carbocycles. The van der Waals surface area contributed by atoms with E-state index in [1.54, 1.807) is 6.07 Å². The van der Waals surface area contributed by atoms with E-state index in [9.17, 15) is 4.79 Å². The molecule has 26 heavy (non-hydrogen) atoms. The van der Waals surface area contributed by atoms with E-state index in [0.29, 0.717) is 57.5 Å². The summed E-state index contributed by atoms with van der Waals surface area (Å²) >= 11 is 0. The molecule has 6 heteroatoms. The Bertz CT molecular complexity index is 481. The van der Waals surface area contributed by atoms with Gasteiger partial charge in [0.05, 0.1) is 32.1 Å². The highest BCUT2D eigenvalue weighted by Gasteiger charge is 2.02. The van der Waals surface area contributed by atoms with Crippen molar-refractivity contribution < 1.29 is 23.7 Å². The molecule has 0 aliphatic carbocycles. The van der Waals surface area contributed by atoms with Crippen LogP contribution in [-0.4, -0.2) is 45.6 Å². The highest BCUT2D eigenvalue weighted by molar-refractivity contribution is 5.69. The van der Waals surface area contributed by atoms with Gasteiger partial charge < -0.3 is 24.7 Å². The summed E-state index contributed by atoms with van der Waals surface area (Å²) in [4.78, 5) is 11.5. The number of nitrogen functional groups attached to an aromatic ring is 1. The molecule has 0 aliphatic rings. The first kappa shape index (κ1) is 22.3. The standard InChI is InChI=1S/C20H33NO5/c1-2-3-4-5-6-11-20(22)26-17-15-24-13-12-23-14-16-25-19-10-8-7-9-18(19)21/h7-10H,2-6,11-17,21H2,1H3. The first-order chi connectivity index (χ1) is 12.7. The van der Waals surface area contributed by atoms with Crippen LogP contribution >= 0.6 is 0 Å². The highest BCUT2D eigenvalue weighted by Crippen LogP contribution is 2.19. The van der Waals surface area contributed by atoms with Crippen LogP contribution in [0.15, 0.2) is 24.3 Å². The zero-order chi connectivity index (χ0) is 18.9. The quantitative estimate of drug-likeness (QED) is 0.273. The first-order valence-electron chi connectivity index (χ1n) is 9.52.